The number of carbonyl (C=O) groups excluding carboxylic acids is 2. The van der Waals surface area contributed by atoms with Crippen LogP contribution in [0.2, 0.25) is 0 Å². The number of esters is 1. The molecule has 5 heteroatoms. The predicted molar refractivity (Wildman–Crippen MR) is 103 cm³/mol. The number of amides is 1. The summed E-state index contributed by atoms with van der Waals surface area (Å²) in [6.45, 7) is 3.91. The SMILES string of the molecule is CCOC(=O)c1cccc(NC(=O)CCSCc2ccccc2)c1C. The van der Waals surface area contributed by atoms with Crippen LogP contribution >= 0.6 is 11.8 Å². The van der Waals surface area contributed by atoms with Crippen molar-refractivity contribution in [3.63, 3.8) is 0 Å². The van der Waals surface area contributed by atoms with Crippen LogP contribution in [0.25, 0.3) is 0 Å². The quantitative estimate of drug-likeness (QED) is 0.561. The van der Waals surface area contributed by atoms with Crippen LogP contribution in [0.4, 0.5) is 5.69 Å². The lowest BCUT2D eigenvalue weighted by atomic mass is 10.1. The highest BCUT2D eigenvalue weighted by atomic mass is 32.2. The van der Waals surface area contributed by atoms with Gasteiger partial charge in [0, 0.05) is 23.6 Å². The van der Waals surface area contributed by atoms with Crippen LogP contribution in [-0.2, 0) is 15.3 Å². The van der Waals surface area contributed by atoms with E-state index in [1.54, 1.807) is 36.9 Å². The summed E-state index contributed by atoms with van der Waals surface area (Å²) in [6.07, 6.45) is 0.431. The van der Waals surface area contributed by atoms with Crippen molar-refractivity contribution in [1.82, 2.24) is 0 Å². The monoisotopic (exact) mass is 357 g/mol. The van der Waals surface area contributed by atoms with E-state index in [4.69, 9.17) is 4.74 Å². The van der Waals surface area contributed by atoms with Gasteiger partial charge >= 0.3 is 5.97 Å². The molecular weight excluding hydrogens is 334 g/mol. The molecule has 0 aromatic heterocycles. The van der Waals surface area contributed by atoms with Crippen LogP contribution in [0, 0.1) is 6.92 Å². The maximum absolute atomic E-state index is 12.1. The van der Waals surface area contributed by atoms with E-state index in [9.17, 15) is 9.59 Å². The lowest BCUT2D eigenvalue weighted by Crippen LogP contribution is -2.15. The summed E-state index contributed by atoms with van der Waals surface area (Å²) in [7, 11) is 0. The largest absolute Gasteiger partial charge is 0.462 e. The molecule has 0 saturated heterocycles. The second-order valence-electron chi connectivity index (χ2n) is 5.53. The zero-order valence-corrected chi connectivity index (χ0v) is 15.4. The van der Waals surface area contributed by atoms with Gasteiger partial charge in [-0.25, -0.2) is 4.79 Å². The fourth-order valence-corrected chi connectivity index (χ4v) is 3.25. The van der Waals surface area contributed by atoms with Gasteiger partial charge in [0.05, 0.1) is 12.2 Å². The number of nitrogens with one attached hydrogen (secondary N) is 1. The average Bonchev–Trinajstić information content (AvgIpc) is 2.61. The van der Waals surface area contributed by atoms with Crippen LogP contribution in [0.15, 0.2) is 48.5 Å². The third-order valence-corrected chi connectivity index (χ3v) is 4.72. The van der Waals surface area contributed by atoms with E-state index in [0.29, 0.717) is 24.3 Å². The smallest absolute Gasteiger partial charge is 0.338 e. The summed E-state index contributed by atoms with van der Waals surface area (Å²) < 4.78 is 5.04. The van der Waals surface area contributed by atoms with Gasteiger partial charge in [-0.3, -0.25) is 4.79 Å². The fourth-order valence-electron chi connectivity index (χ4n) is 2.34. The highest BCUT2D eigenvalue weighted by molar-refractivity contribution is 7.98. The molecule has 132 valence electrons. The molecule has 0 aliphatic carbocycles. The van der Waals surface area contributed by atoms with E-state index in [1.807, 2.05) is 25.1 Å². The zero-order valence-electron chi connectivity index (χ0n) is 14.6. The fraction of sp³-hybridized carbons (Fsp3) is 0.300. The van der Waals surface area contributed by atoms with Crippen LogP contribution in [0.5, 0.6) is 0 Å². The molecule has 0 radical (unpaired) electrons. The van der Waals surface area contributed by atoms with Crippen molar-refractivity contribution in [3.05, 3.63) is 65.2 Å². The minimum Gasteiger partial charge on any atom is -0.462 e. The summed E-state index contributed by atoms with van der Waals surface area (Å²) >= 11 is 1.73. The van der Waals surface area contributed by atoms with Crippen LogP contribution in [0.1, 0.15) is 34.8 Å². The minimum atomic E-state index is -0.366. The van der Waals surface area contributed by atoms with Crippen LogP contribution < -0.4 is 5.32 Å². The van der Waals surface area contributed by atoms with Crippen molar-refractivity contribution in [3.8, 4) is 0 Å². The van der Waals surface area contributed by atoms with Crippen LogP contribution in [-0.4, -0.2) is 24.2 Å². The van der Waals surface area contributed by atoms with Crippen molar-refractivity contribution in [2.45, 2.75) is 26.0 Å². The highest BCUT2D eigenvalue weighted by Crippen LogP contribution is 2.20. The molecule has 1 N–H and O–H groups in total. The standard InChI is InChI=1S/C20H23NO3S/c1-3-24-20(23)17-10-7-11-18(15(17)2)21-19(22)12-13-25-14-16-8-5-4-6-9-16/h4-11H,3,12-14H2,1-2H3,(H,21,22). The molecule has 1 amide bonds. The number of hydrogen-bond donors (Lipinski definition) is 1. The summed E-state index contributed by atoms with van der Waals surface area (Å²) in [5.74, 6) is 1.22. The summed E-state index contributed by atoms with van der Waals surface area (Å²) in [5, 5.41) is 2.89. The number of ether oxygens (including phenoxy) is 1. The number of thioether (sulfide) groups is 1. The molecular formula is C20H23NO3S. The van der Waals surface area contributed by atoms with Gasteiger partial charge in [0.1, 0.15) is 0 Å². The molecule has 0 heterocycles. The van der Waals surface area contributed by atoms with E-state index in [1.165, 1.54) is 5.56 Å². The van der Waals surface area contributed by atoms with Crippen molar-refractivity contribution in [1.29, 1.82) is 0 Å². The first-order valence-corrected chi connectivity index (χ1v) is 9.45. The molecule has 0 aliphatic heterocycles. The topological polar surface area (TPSA) is 55.4 Å². The van der Waals surface area contributed by atoms with Gasteiger partial charge in [0.2, 0.25) is 5.91 Å². The first kappa shape index (κ1) is 19.1. The van der Waals surface area contributed by atoms with E-state index in [2.05, 4.69) is 17.4 Å². The zero-order chi connectivity index (χ0) is 18.1. The Kier molecular flexibility index (Phi) is 7.54. The van der Waals surface area contributed by atoms with E-state index in [-0.39, 0.29) is 11.9 Å². The Balaban J connectivity index is 1.84. The summed E-state index contributed by atoms with van der Waals surface area (Å²) in [6, 6.07) is 15.4. The third kappa shape index (κ3) is 5.94. The molecule has 25 heavy (non-hydrogen) atoms. The lowest BCUT2D eigenvalue weighted by Gasteiger charge is -2.12. The molecule has 0 atom stereocenters. The summed E-state index contributed by atoms with van der Waals surface area (Å²) in [5.41, 5.74) is 3.12. The molecule has 2 aromatic carbocycles. The highest BCUT2D eigenvalue weighted by Gasteiger charge is 2.13. The molecule has 0 saturated carbocycles. The van der Waals surface area contributed by atoms with Gasteiger partial charge in [-0.05, 0) is 37.1 Å². The lowest BCUT2D eigenvalue weighted by molar-refractivity contribution is -0.115. The summed E-state index contributed by atoms with van der Waals surface area (Å²) in [4.78, 5) is 24.1. The minimum absolute atomic E-state index is 0.0512. The first-order chi connectivity index (χ1) is 12.1. The van der Waals surface area contributed by atoms with Gasteiger partial charge in [-0.15, -0.1) is 0 Å². The molecule has 0 fully saturated rings. The van der Waals surface area contributed by atoms with Gasteiger partial charge in [-0.1, -0.05) is 36.4 Å². The average molecular weight is 357 g/mol. The maximum Gasteiger partial charge on any atom is 0.338 e. The van der Waals surface area contributed by atoms with Crippen molar-refractivity contribution in [2.75, 3.05) is 17.7 Å². The van der Waals surface area contributed by atoms with Gasteiger partial charge in [-0.2, -0.15) is 11.8 Å². The third-order valence-electron chi connectivity index (χ3n) is 3.69. The second-order valence-corrected chi connectivity index (χ2v) is 6.64. The molecule has 2 aromatic rings. The molecule has 2 rings (SSSR count). The predicted octanol–water partition coefficient (Wildman–Crippen LogP) is 4.43. The number of carbonyl (C=O) groups is 2. The van der Waals surface area contributed by atoms with E-state index in [0.717, 1.165) is 17.1 Å². The van der Waals surface area contributed by atoms with Crippen LogP contribution in [0.3, 0.4) is 0 Å². The van der Waals surface area contributed by atoms with Gasteiger partial charge < -0.3 is 10.1 Å². The molecule has 0 aliphatic rings. The number of rotatable bonds is 8. The van der Waals surface area contributed by atoms with Crippen molar-refractivity contribution < 1.29 is 14.3 Å². The molecule has 4 nitrogen and oxygen atoms in total. The van der Waals surface area contributed by atoms with Crippen molar-refractivity contribution >= 4 is 29.3 Å². The van der Waals surface area contributed by atoms with E-state index < -0.39 is 0 Å². The molecule has 0 bridgehead atoms. The number of anilines is 1. The Morgan fingerprint density at radius 2 is 1.84 bits per heavy atom. The van der Waals surface area contributed by atoms with Gasteiger partial charge in [0.25, 0.3) is 0 Å². The second kappa shape index (κ2) is 9.89. The normalized spacial score (nSPS) is 10.3. The maximum atomic E-state index is 12.1. The Morgan fingerprint density at radius 3 is 2.56 bits per heavy atom. The number of benzene rings is 2. The Hall–Kier alpha value is -2.27. The molecule has 0 unspecified atom stereocenters. The Morgan fingerprint density at radius 1 is 1.08 bits per heavy atom. The first-order valence-electron chi connectivity index (χ1n) is 8.30. The van der Waals surface area contributed by atoms with Crippen molar-refractivity contribution in [2.24, 2.45) is 0 Å². The Bertz CT molecular complexity index is 716. The molecule has 0 spiro atoms. The Labute approximate surface area is 153 Å². The number of hydrogen-bond acceptors (Lipinski definition) is 4. The van der Waals surface area contributed by atoms with E-state index >= 15 is 0 Å². The van der Waals surface area contributed by atoms with Gasteiger partial charge in [0.15, 0.2) is 0 Å².